The predicted molar refractivity (Wildman–Crippen MR) is 84.9 cm³/mol. The van der Waals surface area contributed by atoms with Gasteiger partial charge in [0.15, 0.2) is 0 Å². The molecule has 0 unspecified atom stereocenters. The molecule has 0 saturated carbocycles. The number of carbonyl (C=O) groups excluding carboxylic acids is 1. The molecule has 0 aliphatic heterocycles. The highest BCUT2D eigenvalue weighted by atomic mass is 79.9. The van der Waals surface area contributed by atoms with Crippen molar-refractivity contribution < 1.29 is 13.2 Å². The van der Waals surface area contributed by atoms with Crippen molar-refractivity contribution in [2.45, 2.75) is 4.90 Å². The Morgan fingerprint density at radius 3 is 2.52 bits per heavy atom. The van der Waals surface area contributed by atoms with Crippen molar-refractivity contribution >= 4 is 49.1 Å². The highest BCUT2D eigenvalue weighted by molar-refractivity contribution is 9.10. The molecule has 2 aromatic rings. The summed E-state index contributed by atoms with van der Waals surface area (Å²) >= 11 is 9.09. The zero-order chi connectivity index (χ0) is 15.6. The van der Waals surface area contributed by atoms with Crippen LogP contribution in [0.1, 0.15) is 10.4 Å². The normalized spacial score (nSPS) is 11.2. The summed E-state index contributed by atoms with van der Waals surface area (Å²) in [6, 6.07) is 10.6. The largest absolute Gasteiger partial charge is 0.321 e. The number of primary sulfonamides is 1. The Labute approximate surface area is 135 Å². The summed E-state index contributed by atoms with van der Waals surface area (Å²) < 4.78 is 23.5. The zero-order valence-electron chi connectivity index (χ0n) is 10.5. The van der Waals surface area contributed by atoms with Gasteiger partial charge in [0.2, 0.25) is 10.0 Å². The van der Waals surface area contributed by atoms with Crippen molar-refractivity contribution in [2.75, 3.05) is 5.32 Å². The molecule has 2 rings (SSSR count). The number of hydrogen-bond acceptors (Lipinski definition) is 3. The number of anilines is 1. The summed E-state index contributed by atoms with van der Waals surface area (Å²) in [5.74, 6) is -0.500. The van der Waals surface area contributed by atoms with Crippen LogP contribution in [0.4, 0.5) is 5.69 Å². The van der Waals surface area contributed by atoms with E-state index in [1.807, 2.05) is 0 Å². The first kappa shape index (κ1) is 16.0. The number of amides is 1. The van der Waals surface area contributed by atoms with Crippen LogP contribution in [0.2, 0.25) is 5.02 Å². The molecule has 110 valence electrons. The fourth-order valence-electron chi connectivity index (χ4n) is 1.68. The minimum atomic E-state index is -3.93. The molecule has 0 fully saturated rings. The molecule has 0 saturated heterocycles. The quantitative estimate of drug-likeness (QED) is 0.845. The van der Waals surface area contributed by atoms with Crippen molar-refractivity contribution in [2.24, 2.45) is 5.14 Å². The number of nitrogens with one attached hydrogen (secondary N) is 1. The van der Waals surface area contributed by atoms with E-state index in [0.29, 0.717) is 9.50 Å². The van der Waals surface area contributed by atoms with Crippen LogP contribution in [0.25, 0.3) is 0 Å². The van der Waals surface area contributed by atoms with E-state index in [0.717, 1.165) is 0 Å². The van der Waals surface area contributed by atoms with Gasteiger partial charge in [-0.05, 0) is 46.3 Å². The molecular weight excluding hydrogens is 380 g/mol. The number of sulfonamides is 1. The fraction of sp³-hybridized carbons (Fsp3) is 0. The van der Waals surface area contributed by atoms with Gasteiger partial charge >= 0.3 is 0 Å². The van der Waals surface area contributed by atoms with E-state index in [2.05, 4.69) is 21.2 Å². The standard InChI is InChI=1S/C13H10BrClN2O3S/c14-10-6-5-8(15)7-9(10)13(18)17-11-3-1-2-4-12(11)21(16,19)20/h1-7H,(H,17,18)(H2,16,19,20). The van der Waals surface area contributed by atoms with Gasteiger partial charge in [0.1, 0.15) is 4.90 Å². The molecule has 0 spiro atoms. The maximum Gasteiger partial charge on any atom is 0.256 e. The average Bonchev–Trinajstić information content (AvgIpc) is 2.41. The molecule has 0 aliphatic rings. The third kappa shape index (κ3) is 3.82. The van der Waals surface area contributed by atoms with Crippen molar-refractivity contribution in [1.29, 1.82) is 0 Å². The monoisotopic (exact) mass is 388 g/mol. The van der Waals surface area contributed by atoms with Crippen LogP contribution in [0.3, 0.4) is 0 Å². The Hall–Kier alpha value is -1.41. The van der Waals surface area contributed by atoms with E-state index >= 15 is 0 Å². The minimum Gasteiger partial charge on any atom is -0.321 e. The first-order chi connectivity index (χ1) is 9.79. The third-order valence-corrected chi connectivity index (χ3v) is 4.51. The highest BCUT2D eigenvalue weighted by Gasteiger charge is 2.17. The Morgan fingerprint density at radius 1 is 1.19 bits per heavy atom. The first-order valence-corrected chi connectivity index (χ1v) is 8.39. The molecule has 5 nitrogen and oxygen atoms in total. The number of carbonyl (C=O) groups is 1. The molecule has 1 amide bonds. The molecule has 21 heavy (non-hydrogen) atoms. The molecule has 0 aromatic heterocycles. The van der Waals surface area contributed by atoms with Gasteiger partial charge in [-0.2, -0.15) is 0 Å². The third-order valence-electron chi connectivity index (χ3n) is 2.61. The second-order valence-corrected chi connectivity index (χ2v) is 6.94. The Bertz CT molecular complexity index is 809. The molecule has 2 aromatic carbocycles. The minimum absolute atomic E-state index is 0.108. The summed E-state index contributed by atoms with van der Waals surface area (Å²) in [7, 11) is -3.93. The van der Waals surface area contributed by atoms with Crippen molar-refractivity contribution in [3.05, 3.63) is 57.5 Å². The van der Waals surface area contributed by atoms with Crippen molar-refractivity contribution in [1.82, 2.24) is 0 Å². The molecule has 0 radical (unpaired) electrons. The Morgan fingerprint density at radius 2 is 1.86 bits per heavy atom. The Kier molecular flexibility index (Phi) is 4.67. The molecule has 0 bridgehead atoms. The van der Waals surface area contributed by atoms with Gasteiger partial charge < -0.3 is 5.32 Å². The number of hydrogen-bond donors (Lipinski definition) is 2. The lowest BCUT2D eigenvalue weighted by Gasteiger charge is -2.10. The molecule has 0 heterocycles. The van der Waals surface area contributed by atoms with Crippen LogP contribution >= 0.6 is 27.5 Å². The molecule has 3 N–H and O–H groups in total. The summed E-state index contributed by atoms with van der Waals surface area (Å²) in [5, 5.41) is 8.02. The summed E-state index contributed by atoms with van der Waals surface area (Å²) in [6.45, 7) is 0. The number of para-hydroxylation sites is 1. The summed E-state index contributed by atoms with van der Waals surface area (Å²) in [5.41, 5.74) is 0.392. The molecule has 0 aliphatic carbocycles. The van der Waals surface area contributed by atoms with Crippen LogP contribution in [-0.4, -0.2) is 14.3 Å². The lowest BCUT2D eigenvalue weighted by molar-refractivity contribution is 0.102. The van der Waals surface area contributed by atoms with Crippen LogP contribution in [0.15, 0.2) is 51.8 Å². The molecular formula is C13H10BrClN2O3S. The van der Waals surface area contributed by atoms with Crippen molar-refractivity contribution in [3.63, 3.8) is 0 Å². The van der Waals surface area contributed by atoms with Gasteiger partial charge in [-0.25, -0.2) is 13.6 Å². The lowest BCUT2D eigenvalue weighted by Crippen LogP contribution is -2.18. The van der Waals surface area contributed by atoms with E-state index in [-0.39, 0.29) is 16.1 Å². The topological polar surface area (TPSA) is 89.3 Å². The smallest absolute Gasteiger partial charge is 0.256 e. The lowest BCUT2D eigenvalue weighted by atomic mass is 10.2. The van der Waals surface area contributed by atoms with Crippen LogP contribution in [0.5, 0.6) is 0 Å². The van der Waals surface area contributed by atoms with E-state index in [1.54, 1.807) is 18.2 Å². The Balaban J connectivity index is 2.39. The van der Waals surface area contributed by atoms with E-state index in [1.165, 1.54) is 24.3 Å². The predicted octanol–water partition coefficient (Wildman–Crippen LogP) is 3.00. The number of halogens is 2. The number of rotatable bonds is 3. The van der Waals surface area contributed by atoms with Crippen LogP contribution in [-0.2, 0) is 10.0 Å². The summed E-state index contributed by atoms with van der Waals surface area (Å²) in [6.07, 6.45) is 0. The van der Waals surface area contributed by atoms with Gasteiger partial charge in [0.05, 0.1) is 11.3 Å². The average molecular weight is 390 g/mol. The first-order valence-electron chi connectivity index (χ1n) is 5.67. The molecule has 0 atom stereocenters. The van der Waals surface area contributed by atoms with E-state index in [4.69, 9.17) is 16.7 Å². The maximum absolute atomic E-state index is 12.2. The van der Waals surface area contributed by atoms with Gasteiger partial charge in [0, 0.05) is 9.50 Å². The van der Waals surface area contributed by atoms with Gasteiger partial charge in [-0.3, -0.25) is 4.79 Å². The fourth-order valence-corrected chi connectivity index (χ4v) is 2.97. The van der Waals surface area contributed by atoms with Gasteiger partial charge in [-0.15, -0.1) is 0 Å². The zero-order valence-corrected chi connectivity index (χ0v) is 13.7. The van der Waals surface area contributed by atoms with Gasteiger partial charge in [0.25, 0.3) is 5.91 Å². The second-order valence-electron chi connectivity index (χ2n) is 4.12. The van der Waals surface area contributed by atoms with Gasteiger partial charge in [-0.1, -0.05) is 23.7 Å². The number of nitrogens with two attached hydrogens (primary N) is 1. The molecule has 8 heteroatoms. The van der Waals surface area contributed by atoms with E-state index < -0.39 is 15.9 Å². The van der Waals surface area contributed by atoms with Crippen molar-refractivity contribution in [3.8, 4) is 0 Å². The second kappa shape index (κ2) is 6.15. The maximum atomic E-state index is 12.2. The SMILES string of the molecule is NS(=O)(=O)c1ccccc1NC(=O)c1cc(Cl)ccc1Br. The van der Waals surface area contributed by atoms with E-state index in [9.17, 15) is 13.2 Å². The highest BCUT2D eigenvalue weighted by Crippen LogP contribution is 2.24. The van der Waals surface area contributed by atoms with Crippen LogP contribution < -0.4 is 10.5 Å². The van der Waals surface area contributed by atoms with Crippen LogP contribution in [0, 0.1) is 0 Å². The summed E-state index contributed by atoms with van der Waals surface area (Å²) in [4.78, 5) is 12.1. The number of benzene rings is 2.